The number of Topliss-reactive ketones (excluding diaryl/α,β-unsaturated/α-hetero) is 1. The van der Waals surface area contributed by atoms with Gasteiger partial charge in [-0.1, -0.05) is 0 Å². The van der Waals surface area contributed by atoms with Crippen LogP contribution in [0.15, 0.2) is 18.3 Å². The normalized spacial score (nSPS) is 25.9. The molecule has 0 spiro atoms. The lowest BCUT2D eigenvalue weighted by atomic mass is 9.91. The Morgan fingerprint density at radius 1 is 1.53 bits per heavy atom. The first-order valence-electron chi connectivity index (χ1n) is 6.69. The van der Waals surface area contributed by atoms with Crippen molar-refractivity contribution in [2.45, 2.75) is 25.8 Å². The standard InChI is InChI=1S/C14H17N3O2/c1-9(18)10-4-2-6-15-13(10)17-7-3-5-11-12(17)8-16-14(11)19/h2,4,6,11-12H,3,5,7-8H2,1H3,(H,16,19). The molecule has 5 nitrogen and oxygen atoms in total. The van der Waals surface area contributed by atoms with Crippen molar-refractivity contribution in [2.24, 2.45) is 5.92 Å². The minimum Gasteiger partial charge on any atom is -0.354 e. The third kappa shape index (κ3) is 1.99. The summed E-state index contributed by atoms with van der Waals surface area (Å²) >= 11 is 0. The molecule has 2 atom stereocenters. The summed E-state index contributed by atoms with van der Waals surface area (Å²) in [5, 5.41) is 2.92. The van der Waals surface area contributed by atoms with Crippen molar-refractivity contribution in [3.63, 3.8) is 0 Å². The molecule has 0 saturated carbocycles. The number of ketones is 1. The van der Waals surface area contributed by atoms with E-state index in [0.717, 1.165) is 25.2 Å². The molecule has 0 bridgehead atoms. The van der Waals surface area contributed by atoms with Crippen LogP contribution < -0.4 is 10.2 Å². The lowest BCUT2D eigenvalue weighted by molar-refractivity contribution is -0.123. The van der Waals surface area contributed by atoms with Crippen molar-refractivity contribution < 1.29 is 9.59 Å². The Labute approximate surface area is 112 Å². The second-order valence-electron chi connectivity index (χ2n) is 5.19. The monoisotopic (exact) mass is 259 g/mol. The number of pyridine rings is 1. The van der Waals surface area contributed by atoms with Crippen molar-refractivity contribution in [1.82, 2.24) is 10.3 Å². The second kappa shape index (κ2) is 4.64. The first-order chi connectivity index (χ1) is 9.18. The van der Waals surface area contributed by atoms with Crippen molar-refractivity contribution >= 4 is 17.5 Å². The van der Waals surface area contributed by atoms with Crippen molar-refractivity contribution in [3.05, 3.63) is 23.9 Å². The zero-order chi connectivity index (χ0) is 13.4. The van der Waals surface area contributed by atoms with Crippen molar-refractivity contribution in [2.75, 3.05) is 18.0 Å². The average Bonchev–Trinajstić information content (AvgIpc) is 2.81. The fourth-order valence-electron chi connectivity index (χ4n) is 3.12. The summed E-state index contributed by atoms with van der Waals surface area (Å²) in [5.41, 5.74) is 0.641. The van der Waals surface area contributed by atoms with Gasteiger partial charge in [0.15, 0.2) is 5.78 Å². The maximum Gasteiger partial charge on any atom is 0.225 e. The first-order valence-corrected chi connectivity index (χ1v) is 6.69. The molecule has 1 aromatic rings. The van der Waals surface area contributed by atoms with Crippen LogP contribution >= 0.6 is 0 Å². The van der Waals surface area contributed by atoms with E-state index in [4.69, 9.17) is 0 Å². The van der Waals surface area contributed by atoms with Crippen LogP contribution in [0, 0.1) is 5.92 Å². The predicted molar refractivity (Wildman–Crippen MR) is 71.1 cm³/mol. The largest absolute Gasteiger partial charge is 0.354 e. The number of anilines is 1. The fourth-order valence-corrected chi connectivity index (χ4v) is 3.12. The number of hydrogen-bond acceptors (Lipinski definition) is 4. The van der Waals surface area contributed by atoms with Gasteiger partial charge < -0.3 is 10.2 Å². The van der Waals surface area contributed by atoms with Crippen LogP contribution in [0.3, 0.4) is 0 Å². The summed E-state index contributed by atoms with van der Waals surface area (Å²) < 4.78 is 0. The highest BCUT2D eigenvalue weighted by atomic mass is 16.2. The number of carbonyl (C=O) groups is 2. The molecule has 3 rings (SSSR count). The molecule has 2 aliphatic rings. The van der Waals surface area contributed by atoms with Crippen molar-refractivity contribution in [1.29, 1.82) is 0 Å². The number of carbonyl (C=O) groups excluding carboxylic acids is 2. The van der Waals surface area contributed by atoms with E-state index in [9.17, 15) is 9.59 Å². The molecule has 3 heterocycles. The topological polar surface area (TPSA) is 62.3 Å². The van der Waals surface area contributed by atoms with Gasteiger partial charge in [-0.15, -0.1) is 0 Å². The molecule has 100 valence electrons. The summed E-state index contributed by atoms with van der Waals surface area (Å²) in [6.07, 6.45) is 3.59. The SMILES string of the molecule is CC(=O)c1cccnc1N1CCCC2C(=O)NCC21. The molecule has 5 heteroatoms. The highest BCUT2D eigenvalue weighted by Gasteiger charge is 2.41. The van der Waals surface area contributed by atoms with Gasteiger partial charge in [-0.05, 0) is 31.9 Å². The van der Waals surface area contributed by atoms with Gasteiger partial charge in [0.2, 0.25) is 5.91 Å². The van der Waals surface area contributed by atoms with Gasteiger partial charge >= 0.3 is 0 Å². The molecule has 0 aliphatic carbocycles. The van der Waals surface area contributed by atoms with E-state index in [-0.39, 0.29) is 23.7 Å². The second-order valence-corrected chi connectivity index (χ2v) is 5.19. The molecule has 0 radical (unpaired) electrons. The maximum atomic E-state index is 11.8. The molecule has 2 fully saturated rings. The van der Waals surface area contributed by atoms with Crippen LogP contribution in [0.25, 0.3) is 0 Å². The molecule has 1 N–H and O–H groups in total. The van der Waals surface area contributed by atoms with Gasteiger partial charge in [-0.2, -0.15) is 0 Å². The minimum atomic E-state index is 0.0162. The Morgan fingerprint density at radius 2 is 2.37 bits per heavy atom. The third-order valence-electron chi connectivity index (χ3n) is 4.04. The predicted octanol–water partition coefficient (Wildman–Crippen LogP) is 0.999. The molecule has 1 amide bonds. The lowest BCUT2D eigenvalue weighted by Crippen LogP contribution is -2.46. The zero-order valence-electron chi connectivity index (χ0n) is 10.9. The fraction of sp³-hybridized carbons (Fsp3) is 0.500. The highest BCUT2D eigenvalue weighted by molar-refractivity contribution is 5.99. The van der Waals surface area contributed by atoms with Gasteiger partial charge in [0.05, 0.1) is 17.5 Å². The quantitative estimate of drug-likeness (QED) is 0.805. The number of hydrogen-bond donors (Lipinski definition) is 1. The molecule has 0 aromatic carbocycles. The highest BCUT2D eigenvalue weighted by Crippen LogP contribution is 2.32. The summed E-state index contributed by atoms with van der Waals surface area (Å²) in [7, 11) is 0. The van der Waals surface area contributed by atoms with E-state index in [2.05, 4.69) is 15.2 Å². The number of fused-ring (bicyclic) bond motifs is 1. The van der Waals surface area contributed by atoms with Crippen LogP contribution in [0.4, 0.5) is 5.82 Å². The number of rotatable bonds is 2. The molecular formula is C14H17N3O2. The van der Waals surface area contributed by atoms with Crippen molar-refractivity contribution in [3.8, 4) is 0 Å². The molecule has 2 saturated heterocycles. The van der Waals surface area contributed by atoms with Gasteiger partial charge in [0.1, 0.15) is 5.82 Å². The van der Waals surface area contributed by atoms with Gasteiger partial charge in [0, 0.05) is 19.3 Å². The maximum absolute atomic E-state index is 11.8. The van der Waals surface area contributed by atoms with Crippen LogP contribution in [0.1, 0.15) is 30.1 Å². The Morgan fingerprint density at radius 3 is 3.16 bits per heavy atom. The number of nitrogens with one attached hydrogen (secondary N) is 1. The lowest BCUT2D eigenvalue weighted by Gasteiger charge is -2.37. The molecule has 19 heavy (non-hydrogen) atoms. The zero-order valence-corrected chi connectivity index (χ0v) is 10.9. The average molecular weight is 259 g/mol. The van der Waals surface area contributed by atoms with E-state index < -0.39 is 0 Å². The molecule has 1 aromatic heterocycles. The number of aromatic nitrogens is 1. The van der Waals surface area contributed by atoms with Crippen LogP contribution in [0.5, 0.6) is 0 Å². The Hall–Kier alpha value is -1.91. The van der Waals surface area contributed by atoms with Gasteiger partial charge in [-0.3, -0.25) is 9.59 Å². The van der Waals surface area contributed by atoms with E-state index in [1.807, 2.05) is 0 Å². The minimum absolute atomic E-state index is 0.0162. The number of amides is 1. The Balaban J connectivity index is 1.97. The first kappa shape index (κ1) is 12.1. The Kier molecular flexibility index (Phi) is 2.97. The van der Waals surface area contributed by atoms with Crippen LogP contribution in [-0.2, 0) is 4.79 Å². The molecule has 2 aliphatic heterocycles. The van der Waals surface area contributed by atoms with Crippen LogP contribution in [-0.4, -0.2) is 35.8 Å². The van der Waals surface area contributed by atoms with E-state index >= 15 is 0 Å². The summed E-state index contributed by atoms with van der Waals surface area (Å²) in [5.74, 6) is 0.911. The third-order valence-corrected chi connectivity index (χ3v) is 4.04. The molecular weight excluding hydrogens is 242 g/mol. The van der Waals surface area contributed by atoms with E-state index in [1.165, 1.54) is 0 Å². The van der Waals surface area contributed by atoms with E-state index in [1.54, 1.807) is 25.3 Å². The van der Waals surface area contributed by atoms with Gasteiger partial charge in [0.25, 0.3) is 0 Å². The van der Waals surface area contributed by atoms with Crippen LogP contribution in [0.2, 0.25) is 0 Å². The smallest absolute Gasteiger partial charge is 0.225 e. The number of piperidine rings is 1. The summed E-state index contributed by atoms with van der Waals surface area (Å²) in [6.45, 7) is 3.06. The Bertz CT molecular complexity index is 529. The van der Waals surface area contributed by atoms with Gasteiger partial charge in [-0.25, -0.2) is 4.98 Å². The summed E-state index contributed by atoms with van der Waals surface area (Å²) in [4.78, 5) is 30.0. The number of nitrogens with zero attached hydrogens (tertiary/aromatic N) is 2. The summed E-state index contributed by atoms with van der Waals surface area (Å²) in [6, 6.07) is 3.72. The van der Waals surface area contributed by atoms with E-state index in [0.29, 0.717) is 12.1 Å². The molecule has 2 unspecified atom stereocenters.